The van der Waals surface area contributed by atoms with Crippen molar-refractivity contribution in [2.24, 2.45) is 0 Å². The molecule has 40 heavy (non-hydrogen) atoms. The van der Waals surface area contributed by atoms with Crippen molar-refractivity contribution in [1.29, 1.82) is 0 Å². The maximum atomic E-state index is 4.27. The predicted octanol–water partition coefficient (Wildman–Crippen LogP) is 4.41. The van der Waals surface area contributed by atoms with Crippen molar-refractivity contribution in [2.75, 3.05) is 0 Å². The zero-order chi connectivity index (χ0) is 27.1. The summed E-state index contributed by atoms with van der Waals surface area (Å²) < 4.78 is 16.9. The third-order valence-corrected chi connectivity index (χ3v) is 33.1. The third kappa shape index (κ3) is 5.05. The van der Waals surface area contributed by atoms with Crippen LogP contribution in [0.15, 0.2) is 182 Å². The zero-order valence-electron chi connectivity index (χ0n) is 22.3. The van der Waals surface area contributed by atoms with Crippen LogP contribution >= 0.6 is 0 Å². The molecule has 0 aromatic heterocycles. The van der Waals surface area contributed by atoms with Crippen LogP contribution in [0.25, 0.3) is 0 Å². The summed E-state index contributed by atoms with van der Waals surface area (Å²) in [5, 5.41) is 0. The Bertz CT molecular complexity index is 1380. The van der Waals surface area contributed by atoms with Crippen molar-refractivity contribution in [2.45, 2.75) is 0 Å². The molecule has 0 fully saturated rings. The van der Waals surface area contributed by atoms with Crippen LogP contribution in [-0.2, 0) is 0 Å². The second-order valence-corrected chi connectivity index (χ2v) is 29.8. The van der Waals surface area contributed by atoms with Gasteiger partial charge in [0.2, 0.25) is 0 Å². The summed E-state index contributed by atoms with van der Waals surface area (Å²) >= 11 is -7.64. The van der Waals surface area contributed by atoms with Crippen molar-refractivity contribution in [3.63, 3.8) is 0 Å². The molecule has 6 rings (SSSR count). The molecule has 0 aliphatic rings. The molecule has 0 aliphatic heterocycles. The molecule has 0 amide bonds. The molecule has 0 atom stereocenters. The van der Waals surface area contributed by atoms with E-state index in [-0.39, 0.29) is 0 Å². The molecule has 0 saturated carbocycles. The van der Waals surface area contributed by atoms with E-state index in [1.54, 1.807) is 0 Å². The predicted molar refractivity (Wildman–Crippen MR) is 176 cm³/mol. The zero-order valence-corrected chi connectivity index (χ0v) is 28.0. The van der Waals surface area contributed by atoms with Gasteiger partial charge in [0.05, 0.1) is 0 Å². The summed E-state index contributed by atoms with van der Waals surface area (Å²) in [7, 11) is 0. The minimum absolute atomic E-state index is 1.39. The van der Waals surface area contributed by atoms with E-state index in [9.17, 15) is 0 Å². The molecule has 0 nitrogen and oxygen atoms in total. The van der Waals surface area contributed by atoms with E-state index >= 15 is 0 Å². The van der Waals surface area contributed by atoms with Gasteiger partial charge in [0.25, 0.3) is 0 Å². The van der Waals surface area contributed by atoms with Crippen molar-refractivity contribution in [1.82, 2.24) is 0 Å². The maximum absolute atomic E-state index is 4.27. The van der Waals surface area contributed by atoms with E-state index in [4.69, 9.17) is 0 Å². The van der Waals surface area contributed by atoms with Crippen molar-refractivity contribution in [3.05, 3.63) is 182 Å². The van der Waals surface area contributed by atoms with Gasteiger partial charge in [-0.3, -0.25) is 0 Å². The monoisotopic (exact) mass is 726 g/mol. The van der Waals surface area contributed by atoms with E-state index in [1.165, 1.54) is 21.5 Å². The summed E-state index contributed by atoms with van der Waals surface area (Å²) in [5.74, 6) is 0. The summed E-state index contributed by atoms with van der Waals surface area (Å²) in [4.78, 5) is 0. The molecule has 0 saturated heterocycles. The first-order chi connectivity index (χ1) is 19.8. The van der Waals surface area contributed by atoms with E-state index in [0.717, 1.165) is 0 Å². The first kappa shape index (κ1) is 26.7. The van der Waals surface area contributed by atoms with Gasteiger partial charge >= 0.3 is 248 Å². The Kier molecular flexibility index (Phi) is 8.23. The Morgan fingerprint density at radius 3 is 0.525 bits per heavy atom. The van der Waals surface area contributed by atoms with Gasteiger partial charge in [0.15, 0.2) is 0 Å². The van der Waals surface area contributed by atoms with Crippen LogP contribution in [0.1, 0.15) is 0 Å². The average molecular weight is 724 g/mol. The van der Waals surface area contributed by atoms with Crippen molar-refractivity contribution in [3.8, 4) is 7.87 Å². The topological polar surface area (TPSA) is 0 Å². The number of rotatable bonds is 6. The molecule has 0 unspecified atom stereocenters. The quantitative estimate of drug-likeness (QED) is 0.177. The summed E-state index contributed by atoms with van der Waals surface area (Å²) in [6.07, 6.45) is 0. The van der Waals surface area contributed by atoms with Crippen LogP contribution in [-0.4, -0.2) is 36.8 Å². The van der Waals surface area contributed by atoms with E-state index in [2.05, 4.69) is 190 Å². The molecule has 0 radical (unpaired) electrons. The van der Waals surface area contributed by atoms with Gasteiger partial charge in [-0.1, -0.05) is 0 Å². The van der Waals surface area contributed by atoms with Gasteiger partial charge in [-0.2, -0.15) is 0 Å². The van der Waals surface area contributed by atoms with Crippen LogP contribution in [0, 0.1) is 7.87 Å². The standard InChI is InChI=1S/6C6H5.C2.2Sn/c6*1-2-4-6-5-3-1;1-2;;/h6*1-5H;;;. The molecule has 6 aromatic carbocycles. The second-order valence-electron chi connectivity index (χ2n) is 9.95. The third-order valence-electron chi connectivity index (χ3n) is 7.68. The van der Waals surface area contributed by atoms with Gasteiger partial charge in [-0.05, 0) is 0 Å². The molecule has 0 aliphatic carbocycles. The molecule has 0 bridgehead atoms. The molecule has 0 spiro atoms. The van der Waals surface area contributed by atoms with Crippen molar-refractivity contribution >= 4 is 58.2 Å². The molecular weight excluding hydrogens is 694 g/mol. The summed E-state index contributed by atoms with van der Waals surface area (Å²) in [6.45, 7) is 0. The number of hydrogen-bond donors (Lipinski definition) is 0. The Balaban J connectivity index is 1.75. The van der Waals surface area contributed by atoms with Gasteiger partial charge in [-0.25, -0.2) is 0 Å². The Labute approximate surface area is 246 Å². The first-order valence-corrected chi connectivity index (χ1v) is 25.1. The van der Waals surface area contributed by atoms with Crippen LogP contribution in [0.2, 0.25) is 0 Å². The Hall–Kier alpha value is -3.52. The number of benzene rings is 6. The summed E-state index contributed by atoms with van der Waals surface area (Å²) in [6, 6.07) is 66.6. The van der Waals surface area contributed by atoms with E-state index in [0.29, 0.717) is 0 Å². The molecule has 0 N–H and O–H groups in total. The van der Waals surface area contributed by atoms with Crippen molar-refractivity contribution < 1.29 is 0 Å². The summed E-state index contributed by atoms with van der Waals surface area (Å²) in [5.41, 5.74) is 0. The van der Waals surface area contributed by atoms with Gasteiger partial charge < -0.3 is 0 Å². The van der Waals surface area contributed by atoms with Gasteiger partial charge in [-0.15, -0.1) is 0 Å². The van der Waals surface area contributed by atoms with Crippen LogP contribution < -0.4 is 21.5 Å². The fourth-order valence-electron chi connectivity index (χ4n) is 5.75. The normalized spacial score (nSPS) is 11.3. The molecule has 0 heterocycles. The fraction of sp³-hybridized carbons (Fsp3) is 0. The van der Waals surface area contributed by atoms with Crippen LogP contribution in [0.3, 0.4) is 0 Å². The SMILES string of the molecule is [C](#[C][Sn]([c]1ccccc1)([c]1ccccc1)[c]1ccccc1)[Sn]([c]1ccccc1)([c]1ccccc1)[c]1ccccc1. The van der Waals surface area contributed by atoms with Gasteiger partial charge in [0, 0.05) is 0 Å². The Morgan fingerprint density at radius 1 is 0.225 bits per heavy atom. The molecule has 2 heteroatoms. The Morgan fingerprint density at radius 2 is 0.375 bits per heavy atom. The average Bonchev–Trinajstić information content (AvgIpc) is 3.06. The van der Waals surface area contributed by atoms with E-state index in [1.807, 2.05) is 0 Å². The molecule has 190 valence electrons. The minimum atomic E-state index is -3.82. The van der Waals surface area contributed by atoms with Crippen LogP contribution in [0.5, 0.6) is 0 Å². The molecular formula is C38H30Sn2. The second kappa shape index (κ2) is 12.3. The van der Waals surface area contributed by atoms with Gasteiger partial charge in [0.1, 0.15) is 0 Å². The first-order valence-electron chi connectivity index (χ1n) is 13.7. The van der Waals surface area contributed by atoms with E-state index < -0.39 is 36.8 Å². The fourth-order valence-corrected chi connectivity index (χ4v) is 34.0. The number of hydrogen-bond acceptors (Lipinski definition) is 0. The molecule has 6 aromatic rings. The van der Waals surface area contributed by atoms with Crippen LogP contribution in [0.4, 0.5) is 0 Å².